The average molecular weight is 355 g/mol. The summed E-state index contributed by atoms with van der Waals surface area (Å²) in [7, 11) is 2.00. The fraction of sp³-hybridized carbons (Fsp3) is 0.650. The zero-order valence-corrected chi connectivity index (χ0v) is 16.3. The van der Waals surface area contributed by atoms with Gasteiger partial charge in [-0.3, -0.25) is 4.68 Å². The lowest BCUT2D eigenvalue weighted by molar-refractivity contribution is 0.0922. The minimum absolute atomic E-state index is 0.120. The van der Waals surface area contributed by atoms with E-state index in [0.717, 1.165) is 49.8 Å². The summed E-state index contributed by atoms with van der Waals surface area (Å²) in [5.74, 6) is 2.34. The van der Waals surface area contributed by atoms with Gasteiger partial charge in [-0.15, -0.1) is 0 Å². The Morgan fingerprint density at radius 3 is 2.73 bits per heavy atom. The molecular weight excluding hydrogens is 326 g/mol. The van der Waals surface area contributed by atoms with Crippen LogP contribution in [0.4, 0.5) is 5.82 Å². The smallest absolute Gasteiger partial charge is 0.133 e. The third-order valence-corrected chi connectivity index (χ3v) is 5.89. The summed E-state index contributed by atoms with van der Waals surface area (Å²) in [5, 5.41) is 8.22. The highest BCUT2D eigenvalue weighted by Gasteiger charge is 2.33. The molecule has 2 aromatic rings. The van der Waals surface area contributed by atoms with Crippen molar-refractivity contribution in [3.63, 3.8) is 0 Å². The molecular formula is C20H29N5O. The van der Waals surface area contributed by atoms with Crippen LogP contribution in [-0.2, 0) is 24.6 Å². The number of anilines is 1. The SMILES string of the molecule is Cc1nc2c(c(NC[C@H]3CCO[C@@H]3c3c(C)nn(C)c3C)n1)CCCC2. The summed E-state index contributed by atoms with van der Waals surface area (Å²) in [6.45, 7) is 7.89. The molecule has 0 radical (unpaired) electrons. The van der Waals surface area contributed by atoms with Gasteiger partial charge in [-0.05, 0) is 52.9 Å². The number of nitrogens with one attached hydrogen (secondary N) is 1. The topological polar surface area (TPSA) is 64.9 Å². The Morgan fingerprint density at radius 2 is 1.96 bits per heavy atom. The molecule has 1 fully saturated rings. The maximum atomic E-state index is 6.13. The fourth-order valence-corrected chi connectivity index (χ4v) is 4.46. The highest BCUT2D eigenvalue weighted by Crippen LogP contribution is 2.38. The van der Waals surface area contributed by atoms with Crippen molar-refractivity contribution in [1.82, 2.24) is 19.7 Å². The minimum Gasteiger partial charge on any atom is -0.373 e. The number of rotatable bonds is 4. The van der Waals surface area contributed by atoms with Crippen LogP contribution in [0.15, 0.2) is 0 Å². The van der Waals surface area contributed by atoms with E-state index in [1.807, 2.05) is 18.7 Å². The van der Waals surface area contributed by atoms with Crippen LogP contribution in [0.2, 0.25) is 0 Å². The van der Waals surface area contributed by atoms with Crippen molar-refractivity contribution in [3.05, 3.63) is 34.0 Å². The van der Waals surface area contributed by atoms with Crippen molar-refractivity contribution in [1.29, 1.82) is 0 Å². The van der Waals surface area contributed by atoms with Crippen LogP contribution in [0.25, 0.3) is 0 Å². The van der Waals surface area contributed by atoms with E-state index in [4.69, 9.17) is 9.72 Å². The van der Waals surface area contributed by atoms with Gasteiger partial charge >= 0.3 is 0 Å². The lowest BCUT2D eigenvalue weighted by Gasteiger charge is -2.23. The van der Waals surface area contributed by atoms with Gasteiger partial charge in [-0.25, -0.2) is 9.97 Å². The average Bonchev–Trinajstić information content (AvgIpc) is 3.16. The number of nitrogens with zero attached hydrogens (tertiary/aromatic N) is 4. The highest BCUT2D eigenvalue weighted by molar-refractivity contribution is 5.48. The molecule has 2 aliphatic rings. The second-order valence-corrected chi connectivity index (χ2v) is 7.68. The van der Waals surface area contributed by atoms with Crippen LogP contribution in [0, 0.1) is 26.7 Å². The maximum absolute atomic E-state index is 6.13. The first-order valence-corrected chi connectivity index (χ1v) is 9.76. The molecule has 4 rings (SSSR count). The first-order chi connectivity index (χ1) is 12.5. The Labute approximate surface area is 155 Å². The fourth-order valence-electron chi connectivity index (χ4n) is 4.46. The monoisotopic (exact) mass is 355 g/mol. The van der Waals surface area contributed by atoms with Gasteiger partial charge in [-0.2, -0.15) is 5.10 Å². The van der Waals surface area contributed by atoms with Gasteiger partial charge in [0, 0.05) is 48.6 Å². The molecule has 0 amide bonds. The Bertz CT molecular complexity index is 813. The molecule has 0 bridgehead atoms. The predicted molar refractivity (Wildman–Crippen MR) is 101 cm³/mol. The molecule has 1 saturated heterocycles. The lowest BCUT2D eigenvalue weighted by atomic mass is 9.93. The molecule has 1 aliphatic carbocycles. The molecule has 1 N–H and O–H groups in total. The Morgan fingerprint density at radius 1 is 1.15 bits per heavy atom. The zero-order chi connectivity index (χ0) is 18.3. The van der Waals surface area contributed by atoms with Gasteiger partial charge in [0.1, 0.15) is 11.6 Å². The van der Waals surface area contributed by atoms with E-state index in [2.05, 4.69) is 29.2 Å². The van der Waals surface area contributed by atoms with Gasteiger partial charge in [0.05, 0.1) is 11.8 Å². The number of ether oxygens (including phenoxy) is 1. The Balaban J connectivity index is 1.54. The molecule has 6 heteroatoms. The van der Waals surface area contributed by atoms with Crippen molar-refractivity contribution in [2.45, 2.75) is 59.0 Å². The normalized spacial score (nSPS) is 22.5. The molecule has 0 spiro atoms. The summed E-state index contributed by atoms with van der Waals surface area (Å²) >= 11 is 0. The second-order valence-electron chi connectivity index (χ2n) is 7.68. The van der Waals surface area contributed by atoms with Gasteiger partial charge < -0.3 is 10.1 Å². The van der Waals surface area contributed by atoms with E-state index in [1.165, 1.54) is 35.4 Å². The van der Waals surface area contributed by atoms with Crippen LogP contribution in [0.3, 0.4) is 0 Å². The minimum atomic E-state index is 0.120. The van der Waals surface area contributed by atoms with Crippen LogP contribution in [0.5, 0.6) is 0 Å². The van der Waals surface area contributed by atoms with Gasteiger partial charge in [0.2, 0.25) is 0 Å². The van der Waals surface area contributed by atoms with E-state index in [9.17, 15) is 0 Å². The molecule has 2 atom stereocenters. The number of aromatic nitrogens is 4. The molecule has 140 valence electrons. The van der Waals surface area contributed by atoms with E-state index >= 15 is 0 Å². The number of hydrogen-bond acceptors (Lipinski definition) is 5. The van der Waals surface area contributed by atoms with Gasteiger partial charge in [-0.1, -0.05) is 0 Å². The standard InChI is InChI=1S/C20H29N5O/c1-12-18(13(2)25(4)24-12)19-15(9-10-26-19)11-21-20-16-7-5-6-8-17(16)22-14(3)23-20/h15,19H,5-11H2,1-4H3,(H,21,22,23)/t15-,19+/m1/s1. The molecule has 6 nitrogen and oxygen atoms in total. The molecule has 0 saturated carbocycles. The first-order valence-electron chi connectivity index (χ1n) is 9.76. The third-order valence-electron chi connectivity index (χ3n) is 5.89. The van der Waals surface area contributed by atoms with Crippen LogP contribution >= 0.6 is 0 Å². The summed E-state index contributed by atoms with van der Waals surface area (Å²) in [4.78, 5) is 9.36. The summed E-state index contributed by atoms with van der Waals surface area (Å²) < 4.78 is 8.08. The second kappa shape index (κ2) is 6.99. The third kappa shape index (κ3) is 3.11. The molecule has 2 aromatic heterocycles. The number of aryl methyl sites for hydroxylation is 4. The molecule has 0 aromatic carbocycles. The van der Waals surface area contributed by atoms with Crippen LogP contribution < -0.4 is 5.32 Å². The molecule has 3 heterocycles. The van der Waals surface area contributed by atoms with E-state index < -0.39 is 0 Å². The lowest BCUT2D eigenvalue weighted by Crippen LogP contribution is -2.21. The predicted octanol–water partition coefficient (Wildman–Crippen LogP) is 3.20. The van der Waals surface area contributed by atoms with Crippen molar-refractivity contribution < 1.29 is 4.74 Å². The molecule has 1 aliphatic heterocycles. The Kier molecular flexibility index (Phi) is 4.69. The molecule has 26 heavy (non-hydrogen) atoms. The van der Waals surface area contributed by atoms with E-state index in [-0.39, 0.29) is 6.10 Å². The van der Waals surface area contributed by atoms with Crippen LogP contribution in [0.1, 0.15) is 59.4 Å². The summed E-state index contributed by atoms with van der Waals surface area (Å²) in [6.07, 6.45) is 5.82. The van der Waals surface area contributed by atoms with Gasteiger partial charge in [0.15, 0.2) is 0 Å². The van der Waals surface area contributed by atoms with Crippen molar-refractivity contribution in [2.24, 2.45) is 13.0 Å². The summed E-state index contributed by atoms with van der Waals surface area (Å²) in [6, 6.07) is 0. The van der Waals surface area contributed by atoms with Crippen molar-refractivity contribution in [2.75, 3.05) is 18.5 Å². The first kappa shape index (κ1) is 17.5. The number of hydrogen-bond donors (Lipinski definition) is 1. The highest BCUT2D eigenvalue weighted by atomic mass is 16.5. The molecule has 0 unspecified atom stereocenters. The largest absolute Gasteiger partial charge is 0.373 e. The summed E-state index contributed by atoms with van der Waals surface area (Å²) in [5.41, 5.74) is 6.11. The Hall–Kier alpha value is -1.95. The maximum Gasteiger partial charge on any atom is 0.133 e. The van der Waals surface area contributed by atoms with Gasteiger partial charge in [0.25, 0.3) is 0 Å². The van der Waals surface area contributed by atoms with E-state index in [1.54, 1.807) is 0 Å². The number of fused-ring (bicyclic) bond motifs is 1. The van der Waals surface area contributed by atoms with Crippen molar-refractivity contribution in [3.8, 4) is 0 Å². The zero-order valence-electron chi connectivity index (χ0n) is 16.3. The van der Waals surface area contributed by atoms with Crippen molar-refractivity contribution >= 4 is 5.82 Å². The quantitative estimate of drug-likeness (QED) is 0.912. The van der Waals surface area contributed by atoms with Crippen LogP contribution in [-0.4, -0.2) is 32.9 Å². The van der Waals surface area contributed by atoms with E-state index in [0.29, 0.717) is 5.92 Å².